The number of aliphatic hydroxyl groups excluding tert-OH is 2. The number of hydrogen-bond acceptors (Lipinski definition) is 4. The Morgan fingerprint density at radius 1 is 0.952 bits per heavy atom. The Morgan fingerprint density at radius 3 is 2.38 bits per heavy atom. The van der Waals surface area contributed by atoms with Gasteiger partial charge in [-0.1, -0.05) is 42.5 Å². The predicted molar refractivity (Wildman–Crippen MR) is 79.9 cm³/mol. The van der Waals surface area contributed by atoms with E-state index in [1.165, 1.54) is 0 Å². The maximum absolute atomic E-state index is 10.3. The van der Waals surface area contributed by atoms with Crippen molar-refractivity contribution in [2.75, 3.05) is 13.2 Å². The Kier molecular flexibility index (Phi) is 5.33. The SMILES string of the molecule is OCCC(O)(CO)c1cccc(OCc2ccccc2)c1. The van der Waals surface area contributed by atoms with E-state index >= 15 is 0 Å². The van der Waals surface area contributed by atoms with Gasteiger partial charge in [-0.05, 0) is 23.3 Å². The van der Waals surface area contributed by atoms with Crippen molar-refractivity contribution in [3.8, 4) is 5.75 Å². The van der Waals surface area contributed by atoms with Crippen molar-refractivity contribution in [3.05, 3.63) is 65.7 Å². The molecular weight excluding hydrogens is 268 g/mol. The molecule has 3 N–H and O–H groups in total. The van der Waals surface area contributed by atoms with Crippen LogP contribution in [0.1, 0.15) is 17.5 Å². The quantitative estimate of drug-likeness (QED) is 0.727. The molecule has 4 nitrogen and oxygen atoms in total. The van der Waals surface area contributed by atoms with Crippen LogP contribution < -0.4 is 4.74 Å². The first kappa shape index (κ1) is 15.5. The lowest BCUT2D eigenvalue weighted by atomic mass is 9.91. The van der Waals surface area contributed by atoms with Crippen LogP contribution in [0.4, 0.5) is 0 Å². The third kappa shape index (κ3) is 4.04. The van der Waals surface area contributed by atoms with Crippen LogP contribution in [0.2, 0.25) is 0 Å². The fourth-order valence-corrected chi connectivity index (χ4v) is 2.12. The molecule has 21 heavy (non-hydrogen) atoms. The number of rotatable bonds is 7. The second-order valence-electron chi connectivity index (χ2n) is 4.97. The molecular formula is C17H20O4. The summed E-state index contributed by atoms with van der Waals surface area (Å²) in [5, 5.41) is 28.7. The molecule has 112 valence electrons. The minimum Gasteiger partial charge on any atom is -0.489 e. The lowest BCUT2D eigenvalue weighted by Gasteiger charge is -2.26. The summed E-state index contributed by atoms with van der Waals surface area (Å²) in [6, 6.07) is 16.7. The molecule has 1 unspecified atom stereocenters. The van der Waals surface area contributed by atoms with Crippen LogP contribution in [0, 0.1) is 0 Å². The highest BCUT2D eigenvalue weighted by Crippen LogP contribution is 2.27. The molecule has 4 heteroatoms. The van der Waals surface area contributed by atoms with Crippen LogP contribution in [0.3, 0.4) is 0 Å². The highest BCUT2D eigenvalue weighted by molar-refractivity contribution is 5.32. The minimum absolute atomic E-state index is 0.0750. The molecule has 2 rings (SSSR count). The van der Waals surface area contributed by atoms with Crippen LogP contribution in [0.15, 0.2) is 54.6 Å². The lowest BCUT2D eigenvalue weighted by molar-refractivity contribution is -0.0368. The summed E-state index contributed by atoms with van der Waals surface area (Å²) in [6.45, 7) is -0.219. The maximum Gasteiger partial charge on any atom is 0.120 e. The Bertz CT molecular complexity index is 556. The molecule has 0 aliphatic heterocycles. The molecule has 0 aromatic heterocycles. The zero-order chi connectivity index (χ0) is 15.1. The van der Waals surface area contributed by atoms with Gasteiger partial charge in [0.2, 0.25) is 0 Å². The molecule has 0 heterocycles. The summed E-state index contributed by atoms with van der Waals surface area (Å²) >= 11 is 0. The molecule has 0 radical (unpaired) electrons. The number of ether oxygens (including phenoxy) is 1. The molecule has 0 spiro atoms. The van der Waals surface area contributed by atoms with Gasteiger partial charge in [-0.25, -0.2) is 0 Å². The Hall–Kier alpha value is -1.88. The second kappa shape index (κ2) is 7.22. The van der Waals surface area contributed by atoms with E-state index < -0.39 is 12.2 Å². The zero-order valence-electron chi connectivity index (χ0n) is 11.8. The van der Waals surface area contributed by atoms with Gasteiger partial charge in [0.05, 0.1) is 6.61 Å². The van der Waals surface area contributed by atoms with Gasteiger partial charge >= 0.3 is 0 Å². The summed E-state index contributed by atoms with van der Waals surface area (Å²) in [4.78, 5) is 0. The summed E-state index contributed by atoms with van der Waals surface area (Å²) < 4.78 is 5.70. The first-order valence-corrected chi connectivity index (χ1v) is 6.89. The van der Waals surface area contributed by atoms with Crippen molar-refractivity contribution in [3.63, 3.8) is 0 Å². The van der Waals surface area contributed by atoms with Gasteiger partial charge < -0.3 is 20.1 Å². The molecule has 0 aliphatic rings. The first-order chi connectivity index (χ1) is 10.2. The average Bonchev–Trinajstić information content (AvgIpc) is 2.54. The third-order valence-corrected chi connectivity index (χ3v) is 3.41. The molecule has 0 amide bonds. The zero-order valence-corrected chi connectivity index (χ0v) is 11.8. The Morgan fingerprint density at radius 2 is 1.71 bits per heavy atom. The standard InChI is InChI=1S/C17H20O4/c18-10-9-17(20,13-19)15-7-4-8-16(11-15)21-12-14-5-2-1-3-6-14/h1-8,11,18-20H,9-10,12-13H2. The summed E-state index contributed by atoms with van der Waals surface area (Å²) in [5.74, 6) is 0.612. The topological polar surface area (TPSA) is 69.9 Å². The van der Waals surface area contributed by atoms with Crippen molar-refractivity contribution in [1.82, 2.24) is 0 Å². The summed E-state index contributed by atoms with van der Waals surface area (Å²) in [6.07, 6.45) is 0.0750. The molecule has 2 aromatic rings. The fourth-order valence-electron chi connectivity index (χ4n) is 2.12. The van der Waals surface area contributed by atoms with E-state index in [0.717, 1.165) is 5.56 Å². The van der Waals surface area contributed by atoms with Crippen LogP contribution in [0.5, 0.6) is 5.75 Å². The molecule has 2 aromatic carbocycles. The van der Waals surface area contributed by atoms with Gasteiger partial charge in [-0.15, -0.1) is 0 Å². The lowest BCUT2D eigenvalue weighted by Crippen LogP contribution is -2.31. The van der Waals surface area contributed by atoms with E-state index in [2.05, 4.69) is 0 Å². The van der Waals surface area contributed by atoms with E-state index in [1.807, 2.05) is 30.3 Å². The van der Waals surface area contributed by atoms with E-state index in [-0.39, 0.29) is 13.0 Å². The smallest absolute Gasteiger partial charge is 0.120 e. The number of aliphatic hydroxyl groups is 3. The van der Waals surface area contributed by atoms with Crippen LogP contribution in [-0.2, 0) is 12.2 Å². The highest BCUT2D eigenvalue weighted by atomic mass is 16.5. The molecule has 1 atom stereocenters. The number of benzene rings is 2. The average molecular weight is 288 g/mol. The Labute approximate surface area is 124 Å². The van der Waals surface area contributed by atoms with Crippen molar-refractivity contribution >= 4 is 0 Å². The maximum atomic E-state index is 10.3. The largest absolute Gasteiger partial charge is 0.489 e. The van der Waals surface area contributed by atoms with Gasteiger partial charge in [-0.3, -0.25) is 0 Å². The van der Waals surface area contributed by atoms with Crippen molar-refractivity contribution in [2.24, 2.45) is 0 Å². The Balaban J connectivity index is 2.10. The molecule has 0 bridgehead atoms. The third-order valence-electron chi connectivity index (χ3n) is 3.41. The minimum atomic E-state index is -1.44. The predicted octanol–water partition coefficient (Wildman–Crippen LogP) is 1.83. The fraction of sp³-hybridized carbons (Fsp3) is 0.294. The second-order valence-corrected chi connectivity index (χ2v) is 4.97. The molecule has 0 saturated heterocycles. The first-order valence-electron chi connectivity index (χ1n) is 6.89. The van der Waals surface area contributed by atoms with Crippen molar-refractivity contribution in [2.45, 2.75) is 18.6 Å². The summed E-state index contributed by atoms with van der Waals surface area (Å²) in [7, 11) is 0. The van der Waals surface area contributed by atoms with E-state index in [0.29, 0.717) is 17.9 Å². The van der Waals surface area contributed by atoms with E-state index in [9.17, 15) is 10.2 Å². The van der Waals surface area contributed by atoms with Crippen LogP contribution in [0.25, 0.3) is 0 Å². The highest BCUT2D eigenvalue weighted by Gasteiger charge is 2.28. The van der Waals surface area contributed by atoms with E-state index in [1.54, 1.807) is 24.3 Å². The van der Waals surface area contributed by atoms with Gasteiger partial charge in [0.25, 0.3) is 0 Å². The number of hydrogen-bond donors (Lipinski definition) is 3. The van der Waals surface area contributed by atoms with Crippen LogP contribution >= 0.6 is 0 Å². The van der Waals surface area contributed by atoms with Crippen molar-refractivity contribution in [1.29, 1.82) is 0 Å². The van der Waals surface area contributed by atoms with Crippen molar-refractivity contribution < 1.29 is 20.1 Å². The summed E-state index contributed by atoms with van der Waals surface area (Å²) in [5.41, 5.74) is 0.140. The monoisotopic (exact) mass is 288 g/mol. The molecule has 0 fully saturated rings. The molecule has 0 aliphatic carbocycles. The van der Waals surface area contributed by atoms with Gasteiger partial charge in [0.1, 0.15) is 18.0 Å². The molecule has 0 saturated carbocycles. The van der Waals surface area contributed by atoms with Gasteiger partial charge in [0.15, 0.2) is 0 Å². The van der Waals surface area contributed by atoms with Gasteiger partial charge in [0, 0.05) is 13.0 Å². The van der Waals surface area contributed by atoms with Crippen LogP contribution in [-0.4, -0.2) is 28.5 Å². The van der Waals surface area contributed by atoms with Gasteiger partial charge in [-0.2, -0.15) is 0 Å². The normalized spacial score (nSPS) is 13.7. The van der Waals surface area contributed by atoms with E-state index in [4.69, 9.17) is 9.84 Å².